The van der Waals surface area contributed by atoms with Crippen LogP contribution < -0.4 is 15.5 Å². The molecule has 1 amide bonds. The lowest BCUT2D eigenvalue weighted by molar-refractivity contribution is 0.0926. The Labute approximate surface area is 153 Å². The Morgan fingerprint density at radius 3 is 2.54 bits per heavy atom. The predicted molar refractivity (Wildman–Crippen MR) is 100 cm³/mol. The van der Waals surface area contributed by atoms with Gasteiger partial charge in [0.1, 0.15) is 0 Å². The number of amides is 1. The first-order chi connectivity index (χ1) is 12.8. The Hall–Kier alpha value is -2.41. The van der Waals surface area contributed by atoms with E-state index in [9.17, 15) is 4.79 Å². The number of hydrogen-bond acceptors (Lipinski definition) is 5. The maximum atomic E-state index is 12.5. The van der Waals surface area contributed by atoms with Crippen LogP contribution in [0.1, 0.15) is 42.2 Å². The van der Waals surface area contributed by atoms with E-state index < -0.39 is 0 Å². The number of aromatic nitrogens is 3. The van der Waals surface area contributed by atoms with Crippen LogP contribution in [0.15, 0.2) is 36.5 Å². The summed E-state index contributed by atoms with van der Waals surface area (Å²) in [7, 11) is 0. The SMILES string of the molecule is O=C(NC1CCN(c2ccccc2)CC1)c1cn(C2CCNCC2)nn1. The lowest BCUT2D eigenvalue weighted by atomic mass is 10.0. The average molecular weight is 354 g/mol. The summed E-state index contributed by atoms with van der Waals surface area (Å²) in [5.74, 6) is -0.108. The minimum atomic E-state index is -0.108. The number of nitrogens with one attached hydrogen (secondary N) is 2. The number of anilines is 1. The summed E-state index contributed by atoms with van der Waals surface area (Å²) in [5, 5.41) is 14.7. The van der Waals surface area contributed by atoms with Crippen LogP contribution in [0.5, 0.6) is 0 Å². The summed E-state index contributed by atoms with van der Waals surface area (Å²) in [4.78, 5) is 14.9. The third-order valence-corrected chi connectivity index (χ3v) is 5.38. The third-order valence-electron chi connectivity index (χ3n) is 5.38. The average Bonchev–Trinajstić information content (AvgIpc) is 3.20. The molecule has 1 aromatic carbocycles. The fraction of sp³-hybridized carbons (Fsp3) is 0.526. The molecule has 3 heterocycles. The van der Waals surface area contributed by atoms with Gasteiger partial charge in [-0.3, -0.25) is 4.79 Å². The maximum absolute atomic E-state index is 12.5. The highest BCUT2D eigenvalue weighted by Crippen LogP contribution is 2.20. The van der Waals surface area contributed by atoms with E-state index in [2.05, 4.69) is 50.1 Å². The first-order valence-electron chi connectivity index (χ1n) is 9.53. The molecular weight excluding hydrogens is 328 g/mol. The molecule has 0 bridgehead atoms. The summed E-state index contributed by atoms with van der Waals surface area (Å²) in [6, 6.07) is 11.0. The van der Waals surface area contributed by atoms with Crippen molar-refractivity contribution in [3.63, 3.8) is 0 Å². The standard InChI is InChI=1S/C19H26N6O/c26-19(18-14-25(23-22-18)17-6-10-20-11-7-17)21-15-8-12-24(13-9-15)16-4-2-1-3-5-16/h1-5,14-15,17,20H,6-13H2,(H,21,26). The molecular formula is C19H26N6O. The van der Waals surface area contributed by atoms with Gasteiger partial charge in [-0.05, 0) is 50.9 Å². The molecule has 0 unspecified atom stereocenters. The van der Waals surface area contributed by atoms with E-state index in [0.717, 1.165) is 51.9 Å². The molecule has 7 heteroatoms. The Kier molecular flexibility index (Phi) is 5.15. The summed E-state index contributed by atoms with van der Waals surface area (Å²) >= 11 is 0. The van der Waals surface area contributed by atoms with Crippen molar-refractivity contribution in [2.45, 2.75) is 37.8 Å². The molecule has 0 atom stereocenters. The number of rotatable bonds is 4. The van der Waals surface area contributed by atoms with E-state index in [-0.39, 0.29) is 11.9 Å². The van der Waals surface area contributed by atoms with Crippen molar-refractivity contribution in [3.8, 4) is 0 Å². The first-order valence-corrected chi connectivity index (χ1v) is 9.53. The van der Waals surface area contributed by atoms with Crippen LogP contribution in [0.4, 0.5) is 5.69 Å². The second-order valence-corrected chi connectivity index (χ2v) is 7.14. The summed E-state index contributed by atoms with van der Waals surface area (Å²) in [6.45, 7) is 3.89. The normalized spacial score (nSPS) is 19.5. The lowest BCUT2D eigenvalue weighted by Gasteiger charge is -2.33. The van der Waals surface area contributed by atoms with Crippen molar-refractivity contribution in [2.24, 2.45) is 0 Å². The second-order valence-electron chi connectivity index (χ2n) is 7.14. The van der Waals surface area contributed by atoms with Crippen LogP contribution in [-0.2, 0) is 0 Å². The van der Waals surface area contributed by atoms with Crippen LogP contribution in [0, 0.1) is 0 Å². The van der Waals surface area contributed by atoms with E-state index in [1.807, 2.05) is 10.7 Å². The third kappa shape index (κ3) is 3.88. The van der Waals surface area contributed by atoms with Gasteiger partial charge in [0.25, 0.3) is 5.91 Å². The molecule has 0 spiro atoms. The first kappa shape index (κ1) is 17.0. The molecule has 0 saturated carbocycles. The maximum Gasteiger partial charge on any atom is 0.273 e. The van der Waals surface area contributed by atoms with Crippen LogP contribution in [0.25, 0.3) is 0 Å². The molecule has 0 aliphatic carbocycles. The van der Waals surface area contributed by atoms with Gasteiger partial charge in [0.2, 0.25) is 0 Å². The predicted octanol–water partition coefficient (Wildman–Crippen LogP) is 1.60. The van der Waals surface area contributed by atoms with Gasteiger partial charge in [0, 0.05) is 24.8 Å². The molecule has 2 N–H and O–H groups in total. The molecule has 2 aromatic rings. The van der Waals surface area contributed by atoms with E-state index in [1.165, 1.54) is 5.69 Å². The van der Waals surface area contributed by atoms with Crippen LogP contribution in [-0.4, -0.2) is 53.1 Å². The Balaban J connectivity index is 1.29. The lowest BCUT2D eigenvalue weighted by Crippen LogP contribution is -2.44. The Bertz CT molecular complexity index is 717. The molecule has 2 saturated heterocycles. The number of para-hydroxylation sites is 1. The molecule has 2 aliphatic rings. The van der Waals surface area contributed by atoms with Gasteiger partial charge in [0.05, 0.1) is 12.2 Å². The Morgan fingerprint density at radius 1 is 1.08 bits per heavy atom. The van der Waals surface area contributed by atoms with Gasteiger partial charge in [-0.2, -0.15) is 0 Å². The minimum Gasteiger partial charge on any atom is -0.371 e. The molecule has 2 aliphatic heterocycles. The molecule has 4 rings (SSSR count). The van der Waals surface area contributed by atoms with E-state index in [1.54, 1.807) is 6.20 Å². The molecule has 26 heavy (non-hydrogen) atoms. The van der Waals surface area contributed by atoms with Gasteiger partial charge in [-0.25, -0.2) is 4.68 Å². The van der Waals surface area contributed by atoms with E-state index in [4.69, 9.17) is 0 Å². The highest BCUT2D eigenvalue weighted by Gasteiger charge is 2.23. The summed E-state index contributed by atoms with van der Waals surface area (Å²) < 4.78 is 1.85. The highest BCUT2D eigenvalue weighted by atomic mass is 16.2. The quantitative estimate of drug-likeness (QED) is 0.872. The van der Waals surface area contributed by atoms with Crippen molar-refractivity contribution in [3.05, 3.63) is 42.2 Å². The van der Waals surface area contributed by atoms with Gasteiger partial charge in [0.15, 0.2) is 5.69 Å². The van der Waals surface area contributed by atoms with Crippen molar-refractivity contribution < 1.29 is 4.79 Å². The number of piperidine rings is 2. The smallest absolute Gasteiger partial charge is 0.273 e. The fourth-order valence-corrected chi connectivity index (χ4v) is 3.81. The molecule has 2 fully saturated rings. The van der Waals surface area contributed by atoms with Crippen molar-refractivity contribution in [1.82, 2.24) is 25.6 Å². The summed E-state index contributed by atoms with van der Waals surface area (Å²) in [5.41, 5.74) is 1.68. The van der Waals surface area contributed by atoms with Crippen molar-refractivity contribution >= 4 is 11.6 Å². The van der Waals surface area contributed by atoms with E-state index in [0.29, 0.717) is 11.7 Å². The number of carbonyl (C=O) groups excluding carboxylic acids is 1. The zero-order valence-corrected chi connectivity index (χ0v) is 15.0. The fourth-order valence-electron chi connectivity index (χ4n) is 3.81. The number of hydrogen-bond donors (Lipinski definition) is 2. The van der Waals surface area contributed by atoms with Crippen molar-refractivity contribution in [2.75, 3.05) is 31.1 Å². The molecule has 138 valence electrons. The topological polar surface area (TPSA) is 75.1 Å². The van der Waals surface area contributed by atoms with Crippen molar-refractivity contribution in [1.29, 1.82) is 0 Å². The molecule has 1 aromatic heterocycles. The van der Waals surface area contributed by atoms with Gasteiger partial charge < -0.3 is 15.5 Å². The van der Waals surface area contributed by atoms with Gasteiger partial charge in [-0.1, -0.05) is 23.4 Å². The van der Waals surface area contributed by atoms with Crippen LogP contribution in [0.2, 0.25) is 0 Å². The summed E-state index contributed by atoms with van der Waals surface area (Å²) in [6.07, 6.45) is 5.75. The zero-order chi connectivity index (χ0) is 17.8. The number of benzene rings is 1. The monoisotopic (exact) mass is 354 g/mol. The highest BCUT2D eigenvalue weighted by molar-refractivity contribution is 5.92. The molecule has 7 nitrogen and oxygen atoms in total. The zero-order valence-electron chi connectivity index (χ0n) is 15.0. The number of nitrogens with zero attached hydrogens (tertiary/aromatic N) is 4. The molecule has 0 radical (unpaired) electrons. The van der Waals surface area contributed by atoms with Crippen LogP contribution >= 0.6 is 0 Å². The van der Waals surface area contributed by atoms with E-state index >= 15 is 0 Å². The second kappa shape index (κ2) is 7.86. The largest absolute Gasteiger partial charge is 0.371 e. The number of carbonyl (C=O) groups is 1. The minimum absolute atomic E-state index is 0.108. The Morgan fingerprint density at radius 2 is 1.81 bits per heavy atom. The van der Waals surface area contributed by atoms with Crippen LogP contribution in [0.3, 0.4) is 0 Å². The van der Waals surface area contributed by atoms with Gasteiger partial charge >= 0.3 is 0 Å². The van der Waals surface area contributed by atoms with Gasteiger partial charge in [-0.15, -0.1) is 5.10 Å².